The van der Waals surface area contributed by atoms with E-state index >= 15 is 0 Å². The summed E-state index contributed by atoms with van der Waals surface area (Å²) in [6.45, 7) is 6.55. The van der Waals surface area contributed by atoms with E-state index in [9.17, 15) is 22.8 Å². The van der Waals surface area contributed by atoms with Gasteiger partial charge in [-0.25, -0.2) is 9.78 Å². The third kappa shape index (κ3) is 4.73. The lowest BCUT2D eigenvalue weighted by molar-refractivity contribution is -0.136. The number of thiophene rings is 1. The molecule has 11 heteroatoms. The van der Waals surface area contributed by atoms with Gasteiger partial charge in [-0.3, -0.25) is 4.79 Å². The first kappa shape index (κ1) is 23.6. The molecule has 2 aromatic heterocycles. The van der Waals surface area contributed by atoms with Crippen LogP contribution in [0.4, 0.5) is 18.0 Å². The maximum Gasteiger partial charge on any atom is 0.418 e. The molecule has 1 N–H and O–H groups in total. The van der Waals surface area contributed by atoms with Gasteiger partial charge in [-0.05, 0) is 45.4 Å². The number of carbonyl (C=O) groups is 2. The Morgan fingerprint density at radius 1 is 1.27 bits per heavy atom. The minimum Gasteiger partial charge on any atom is -0.474 e. The van der Waals surface area contributed by atoms with Gasteiger partial charge in [-0.1, -0.05) is 0 Å². The summed E-state index contributed by atoms with van der Waals surface area (Å²) in [5, 5.41) is 3.80. The number of likely N-dealkylation sites (tertiary alicyclic amines) is 1. The van der Waals surface area contributed by atoms with Gasteiger partial charge in [0.05, 0.1) is 21.3 Å². The number of pyridine rings is 1. The molecule has 2 aliphatic rings. The summed E-state index contributed by atoms with van der Waals surface area (Å²) in [6, 6.07) is 0.902. The smallest absolute Gasteiger partial charge is 0.418 e. The summed E-state index contributed by atoms with van der Waals surface area (Å²) < 4.78 is 52.2. The fourth-order valence-electron chi connectivity index (χ4n) is 4.46. The van der Waals surface area contributed by atoms with Gasteiger partial charge in [0.25, 0.3) is 5.91 Å². The maximum absolute atomic E-state index is 13.7. The second-order valence-electron chi connectivity index (χ2n) is 9.71. The molecule has 33 heavy (non-hydrogen) atoms. The first-order valence-electron chi connectivity index (χ1n) is 10.7. The number of nitrogens with zero attached hydrogens (tertiary/aromatic N) is 2. The number of ether oxygens (including phenoxy) is 2. The second-order valence-corrected chi connectivity index (χ2v) is 10.6. The lowest BCUT2D eigenvalue weighted by Crippen LogP contribution is -2.47. The van der Waals surface area contributed by atoms with E-state index in [2.05, 4.69) is 10.3 Å². The van der Waals surface area contributed by atoms with E-state index in [1.165, 1.54) is 12.4 Å². The number of nitrogens with one attached hydrogen (secondary N) is 1. The first-order valence-corrected chi connectivity index (χ1v) is 11.5. The summed E-state index contributed by atoms with van der Waals surface area (Å²) in [5.74, 6) is -0.657. The molecule has 2 aromatic rings. The van der Waals surface area contributed by atoms with Crippen LogP contribution < -0.4 is 10.1 Å². The minimum atomic E-state index is -4.61. The Hall–Kier alpha value is -2.56. The van der Waals surface area contributed by atoms with Gasteiger partial charge >= 0.3 is 12.3 Å². The average Bonchev–Trinajstić information content (AvgIpc) is 3.29. The number of rotatable bonds is 3. The molecule has 1 saturated carbocycles. The molecule has 7 nitrogen and oxygen atoms in total. The van der Waals surface area contributed by atoms with E-state index in [1.807, 2.05) is 20.8 Å². The number of alkyl halides is 3. The van der Waals surface area contributed by atoms with Crippen LogP contribution in [0.5, 0.6) is 5.88 Å². The summed E-state index contributed by atoms with van der Waals surface area (Å²) in [5.41, 5.74) is -1.49. The number of fused-ring (bicyclic) bond motifs is 1. The standard InChI is InChI=1S/C22H26F3N3O4S/c1-20(2,3)32-19(30)28-6-5-21(11-28)8-12(9-21)31-15-7-14(22(23,24)25)17-16(27-15)13(10-33-17)18(29)26-4/h7,10,12H,5-6,8-9,11H2,1-4H3,(H,26,29). The van der Waals surface area contributed by atoms with Gasteiger partial charge in [0.1, 0.15) is 11.7 Å². The van der Waals surface area contributed by atoms with Crippen LogP contribution in [0.25, 0.3) is 10.2 Å². The van der Waals surface area contributed by atoms with Crippen molar-refractivity contribution in [2.75, 3.05) is 20.1 Å². The highest BCUT2D eigenvalue weighted by molar-refractivity contribution is 7.17. The predicted molar refractivity (Wildman–Crippen MR) is 117 cm³/mol. The lowest BCUT2D eigenvalue weighted by atomic mass is 9.66. The summed E-state index contributed by atoms with van der Waals surface area (Å²) in [4.78, 5) is 30.3. The second kappa shape index (κ2) is 8.03. The van der Waals surface area contributed by atoms with Gasteiger partial charge < -0.3 is 19.7 Å². The van der Waals surface area contributed by atoms with Crippen molar-refractivity contribution in [2.24, 2.45) is 5.41 Å². The van der Waals surface area contributed by atoms with Gasteiger partial charge in [-0.15, -0.1) is 11.3 Å². The predicted octanol–water partition coefficient (Wildman–Crippen LogP) is 4.84. The summed E-state index contributed by atoms with van der Waals surface area (Å²) >= 11 is 0.832. The molecule has 0 aromatic carbocycles. The van der Waals surface area contributed by atoms with Crippen molar-refractivity contribution in [3.05, 3.63) is 22.6 Å². The van der Waals surface area contributed by atoms with Crippen LogP contribution in [0.3, 0.4) is 0 Å². The van der Waals surface area contributed by atoms with Crippen molar-refractivity contribution in [3.63, 3.8) is 0 Å². The zero-order valence-electron chi connectivity index (χ0n) is 18.8. The van der Waals surface area contributed by atoms with E-state index in [1.54, 1.807) is 4.90 Å². The maximum atomic E-state index is 13.7. The number of amides is 2. The first-order chi connectivity index (χ1) is 15.3. The largest absolute Gasteiger partial charge is 0.474 e. The zero-order chi connectivity index (χ0) is 24.2. The van der Waals surface area contributed by atoms with Crippen molar-refractivity contribution in [3.8, 4) is 5.88 Å². The van der Waals surface area contributed by atoms with Crippen LogP contribution in [-0.4, -0.2) is 53.7 Å². The molecule has 180 valence electrons. The molecule has 2 amide bonds. The van der Waals surface area contributed by atoms with Crippen LogP contribution in [0.1, 0.15) is 56.0 Å². The Morgan fingerprint density at radius 2 is 1.97 bits per heavy atom. The monoisotopic (exact) mass is 485 g/mol. The molecule has 0 atom stereocenters. The molecule has 1 aliphatic carbocycles. The van der Waals surface area contributed by atoms with Crippen molar-refractivity contribution >= 4 is 33.6 Å². The molecule has 4 rings (SSSR count). The summed E-state index contributed by atoms with van der Waals surface area (Å²) in [7, 11) is 1.41. The quantitative estimate of drug-likeness (QED) is 0.673. The molecule has 1 aliphatic heterocycles. The highest BCUT2D eigenvalue weighted by Gasteiger charge is 2.51. The van der Waals surface area contributed by atoms with Crippen molar-refractivity contribution in [1.82, 2.24) is 15.2 Å². The number of carbonyl (C=O) groups excluding carboxylic acids is 2. The Morgan fingerprint density at radius 3 is 2.58 bits per heavy atom. The van der Waals surface area contributed by atoms with E-state index in [0.29, 0.717) is 25.9 Å². The van der Waals surface area contributed by atoms with Crippen molar-refractivity contribution in [2.45, 2.75) is 57.9 Å². The lowest BCUT2D eigenvalue weighted by Gasteiger charge is -2.44. The molecule has 3 heterocycles. The number of hydrogen-bond donors (Lipinski definition) is 1. The minimum absolute atomic E-state index is 0.0184. The molecular formula is C22H26F3N3O4S. The summed E-state index contributed by atoms with van der Waals surface area (Å²) in [6.07, 6.45) is -3.26. The van der Waals surface area contributed by atoms with Crippen LogP contribution >= 0.6 is 11.3 Å². The zero-order valence-corrected chi connectivity index (χ0v) is 19.7. The Balaban J connectivity index is 1.48. The Kier molecular flexibility index (Phi) is 5.74. The van der Waals surface area contributed by atoms with Gasteiger partial charge in [0, 0.05) is 31.6 Å². The molecule has 1 spiro atoms. The number of hydrogen-bond acceptors (Lipinski definition) is 6. The van der Waals surface area contributed by atoms with E-state index in [4.69, 9.17) is 9.47 Å². The Labute approximate surface area is 193 Å². The number of aromatic nitrogens is 1. The normalized spacial score (nSPS) is 23.0. The van der Waals surface area contributed by atoms with E-state index in [0.717, 1.165) is 23.8 Å². The van der Waals surface area contributed by atoms with Crippen molar-refractivity contribution < 1.29 is 32.2 Å². The fourth-order valence-corrected chi connectivity index (χ4v) is 5.49. The van der Waals surface area contributed by atoms with E-state index < -0.39 is 23.2 Å². The molecule has 1 saturated heterocycles. The third-order valence-corrected chi connectivity index (χ3v) is 6.98. The third-order valence-electron chi connectivity index (χ3n) is 5.98. The van der Waals surface area contributed by atoms with Gasteiger partial charge in [-0.2, -0.15) is 13.2 Å². The molecule has 2 fully saturated rings. The van der Waals surface area contributed by atoms with Gasteiger partial charge in [0.15, 0.2) is 0 Å². The molecule has 0 bridgehead atoms. The van der Waals surface area contributed by atoms with Crippen LogP contribution in [-0.2, 0) is 10.9 Å². The Bertz CT molecular complexity index is 1090. The number of halogens is 3. The van der Waals surface area contributed by atoms with Crippen LogP contribution in [0.2, 0.25) is 0 Å². The van der Waals surface area contributed by atoms with Crippen molar-refractivity contribution in [1.29, 1.82) is 0 Å². The highest BCUT2D eigenvalue weighted by atomic mass is 32.1. The van der Waals surface area contributed by atoms with E-state index in [-0.39, 0.29) is 39.3 Å². The van der Waals surface area contributed by atoms with Gasteiger partial charge in [0.2, 0.25) is 5.88 Å². The molecular weight excluding hydrogens is 459 g/mol. The molecule has 0 unspecified atom stereocenters. The average molecular weight is 486 g/mol. The van der Waals surface area contributed by atoms with Crippen LogP contribution in [0.15, 0.2) is 11.4 Å². The molecule has 0 radical (unpaired) electrons. The topological polar surface area (TPSA) is 80.8 Å². The highest BCUT2D eigenvalue weighted by Crippen LogP contribution is 2.50. The van der Waals surface area contributed by atoms with Crippen LogP contribution in [0, 0.1) is 5.41 Å². The fraction of sp³-hybridized carbons (Fsp3) is 0.591. The SMILES string of the molecule is CNC(=O)c1csc2c(C(F)(F)F)cc(OC3CC4(CCN(C(=O)OC(C)(C)C)C4)C3)nc12.